The van der Waals surface area contributed by atoms with Gasteiger partial charge in [-0.15, -0.1) is 0 Å². The molecule has 0 heterocycles. The van der Waals surface area contributed by atoms with Crippen LogP contribution in [0.1, 0.15) is 44.2 Å². The van der Waals surface area contributed by atoms with Crippen LogP contribution in [-0.2, 0) is 12.8 Å². The second-order valence-corrected chi connectivity index (χ2v) is 5.51. The highest BCUT2D eigenvalue weighted by Crippen LogP contribution is 2.16. The van der Waals surface area contributed by atoms with Crippen LogP contribution in [0.25, 0.3) is 0 Å². The summed E-state index contributed by atoms with van der Waals surface area (Å²) in [5.74, 6) is 1.69. The van der Waals surface area contributed by atoms with Crippen molar-refractivity contribution in [2.75, 3.05) is 6.79 Å². The van der Waals surface area contributed by atoms with Gasteiger partial charge in [0.05, 0.1) is 0 Å². The number of unbranched alkanes of at least 4 members (excludes halogenated alkanes) is 2. The lowest BCUT2D eigenvalue weighted by Crippen LogP contribution is -2.05. The van der Waals surface area contributed by atoms with Crippen molar-refractivity contribution in [2.45, 2.75) is 46.0 Å². The summed E-state index contributed by atoms with van der Waals surface area (Å²) in [6.07, 6.45) is 6.00. The molecule has 0 aliphatic carbocycles. The van der Waals surface area contributed by atoms with E-state index in [1.165, 1.54) is 30.4 Å². The van der Waals surface area contributed by atoms with E-state index in [0.29, 0.717) is 0 Å². The zero-order valence-electron chi connectivity index (χ0n) is 13.7. The average Bonchev–Trinajstić information content (AvgIpc) is 2.57. The highest BCUT2D eigenvalue weighted by atomic mass is 16.7. The van der Waals surface area contributed by atoms with Gasteiger partial charge in [-0.25, -0.2) is 0 Å². The lowest BCUT2D eigenvalue weighted by Gasteiger charge is -2.09. The van der Waals surface area contributed by atoms with Crippen molar-refractivity contribution in [3.8, 4) is 11.5 Å². The second-order valence-electron chi connectivity index (χ2n) is 5.51. The van der Waals surface area contributed by atoms with Gasteiger partial charge in [-0.1, -0.05) is 51.0 Å². The number of ether oxygens (including phenoxy) is 2. The van der Waals surface area contributed by atoms with Crippen molar-refractivity contribution in [3.63, 3.8) is 0 Å². The van der Waals surface area contributed by atoms with E-state index in [-0.39, 0.29) is 6.79 Å². The predicted octanol–water partition coefficient (Wildman–Crippen LogP) is 5.40. The quantitative estimate of drug-likeness (QED) is 0.456. The molecule has 2 nitrogen and oxygen atoms in total. The van der Waals surface area contributed by atoms with Crippen molar-refractivity contribution >= 4 is 0 Å². The maximum atomic E-state index is 5.62. The fourth-order valence-corrected chi connectivity index (χ4v) is 2.32. The van der Waals surface area contributed by atoms with E-state index in [0.717, 1.165) is 24.3 Å². The Morgan fingerprint density at radius 1 is 0.682 bits per heavy atom. The molecule has 2 rings (SSSR count). The Labute approximate surface area is 134 Å². The second kappa shape index (κ2) is 9.14. The molecule has 0 radical (unpaired) electrons. The molecular weight excluding hydrogens is 272 g/mol. The standard InChI is InChI=1S/C20H26O2/c1-3-5-6-7-18-10-14-20(15-11-18)22-16-21-19-12-8-17(4-2)9-13-19/h8-15H,3-7,16H2,1-2H3. The topological polar surface area (TPSA) is 18.5 Å². The lowest BCUT2D eigenvalue weighted by atomic mass is 10.1. The van der Waals surface area contributed by atoms with Crippen LogP contribution in [0.3, 0.4) is 0 Å². The monoisotopic (exact) mass is 298 g/mol. The van der Waals surface area contributed by atoms with Crippen molar-refractivity contribution < 1.29 is 9.47 Å². The van der Waals surface area contributed by atoms with Gasteiger partial charge in [0.25, 0.3) is 0 Å². The largest absolute Gasteiger partial charge is 0.458 e. The van der Waals surface area contributed by atoms with Crippen LogP contribution in [-0.4, -0.2) is 6.79 Å². The smallest absolute Gasteiger partial charge is 0.230 e. The zero-order chi connectivity index (χ0) is 15.6. The first-order valence-electron chi connectivity index (χ1n) is 8.25. The van der Waals surface area contributed by atoms with Crippen LogP contribution < -0.4 is 9.47 Å². The number of aryl methyl sites for hydroxylation is 2. The SMILES string of the molecule is CCCCCc1ccc(OCOc2ccc(CC)cc2)cc1. The third-order valence-electron chi connectivity index (χ3n) is 3.78. The molecule has 2 aromatic rings. The van der Waals surface area contributed by atoms with Crippen LogP contribution in [0, 0.1) is 0 Å². The number of hydrogen-bond acceptors (Lipinski definition) is 2. The summed E-state index contributed by atoms with van der Waals surface area (Å²) in [5.41, 5.74) is 2.68. The molecule has 0 saturated heterocycles. The Balaban J connectivity index is 1.74. The van der Waals surface area contributed by atoms with Crippen molar-refractivity contribution in [3.05, 3.63) is 59.7 Å². The minimum Gasteiger partial charge on any atom is -0.458 e. The fraction of sp³-hybridized carbons (Fsp3) is 0.400. The Bertz CT molecular complexity index is 529. The van der Waals surface area contributed by atoms with Gasteiger partial charge in [0.1, 0.15) is 11.5 Å². The maximum absolute atomic E-state index is 5.62. The molecule has 0 aliphatic heterocycles. The molecule has 2 heteroatoms. The van der Waals surface area contributed by atoms with E-state index >= 15 is 0 Å². The minimum absolute atomic E-state index is 0.237. The summed E-state index contributed by atoms with van der Waals surface area (Å²) < 4.78 is 11.2. The minimum atomic E-state index is 0.237. The van der Waals surface area contributed by atoms with Crippen LogP contribution in [0.5, 0.6) is 11.5 Å². The summed E-state index contributed by atoms with van der Waals surface area (Å²) in [5, 5.41) is 0. The van der Waals surface area contributed by atoms with Gasteiger partial charge in [0.2, 0.25) is 6.79 Å². The molecule has 0 spiro atoms. The van der Waals surface area contributed by atoms with Gasteiger partial charge in [-0.3, -0.25) is 0 Å². The third-order valence-corrected chi connectivity index (χ3v) is 3.78. The Hall–Kier alpha value is -1.96. The van der Waals surface area contributed by atoms with Crippen LogP contribution in [0.15, 0.2) is 48.5 Å². The van der Waals surface area contributed by atoms with Crippen LogP contribution >= 0.6 is 0 Å². The number of rotatable bonds is 9. The molecule has 0 atom stereocenters. The molecule has 0 amide bonds. The maximum Gasteiger partial charge on any atom is 0.230 e. The number of benzene rings is 2. The summed E-state index contributed by atoms with van der Waals surface area (Å²) in [6.45, 7) is 4.61. The van der Waals surface area contributed by atoms with Gasteiger partial charge in [-0.05, 0) is 54.7 Å². The Kier molecular flexibility index (Phi) is 6.82. The summed E-state index contributed by atoms with van der Waals surface area (Å²) >= 11 is 0. The average molecular weight is 298 g/mol. The Morgan fingerprint density at radius 3 is 1.73 bits per heavy atom. The fourth-order valence-electron chi connectivity index (χ4n) is 2.32. The van der Waals surface area contributed by atoms with E-state index in [2.05, 4.69) is 38.1 Å². The van der Waals surface area contributed by atoms with Crippen molar-refractivity contribution in [1.29, 1.82) is 0 Å². The molecule has 0 N–H and O–H groups in total. The van der Waals surface area contributed by atoms with Gasteiger partial charge in [-0.2, -0.15) is 0 Å². The van der Waals surface area contributed by atoms with E-state index in [4.69, 9.17) is 9.47 Å². The van der Waals surface area contributed by atoms with E-state index < -0.39 is 0 Å². The highest BCUT2D eigenvalue weighted by molar-refractivity contribution is 5.28. The van der Waals surface area contributed by atoms with Crippen molar-refractivity contribution in [1.82, 2.24) is 0 Å². The molecule has 0 fully saturated rings. The molecular formula is C20H26O2. The Morgan fingerprint density at radius 2 is 1.23 bits per heavy atom. The molecule has 0 aliphatic rings. The predicted molar refractivity (Wildman–Crippen MR) is 91.6 cm³/mol. The molecule has 118 valence electrons. The first-order valence-corrected chi connectivity index (χ1v) is 8.25. The molecule has 0 bridgehead atoms. The van der Waals surface area contributed by atoms with Crippen molar-refractivity contribution in [2.24, 2.45) is 0 Å². The molecule has 22 heavy (non-hydrogen) atoms. The van der Waals surface area contributed by atoms with E-state index in [1.807, 2.05) is 24.3 Å². The first kappa shape index (κ1) is 16.4. The first-order chi connectivity index (χ1) is 10.8. The van der Waals surface area contributed by atoms with Gasteiger partial charge < -0.3 is 9.47 Å². The molecule has 0 unspecified atom stereocenters. The molecule has 2 aromatic carbocycles. The zero-order valence-corrected chi connectivity index (χ0v) is 13.7. The van der Waals surface area contributed by atoms with E-state index in [1.54, 1.807) is 0 Å². The van der Waals surface area contributed by atoms with Gasteiger partial charge >= 0.3 is 0 Å². The lowest BCUT2D eigenvalue weighted by molar-refractivity contribution is 0.120. The highest BCUT2D eigenvalue weighted by Gasteiger charge is 1.98. The molecule has 0 saturated carbocycles. The number of hydrogen-bond donors (Lipinski definition) is 0. The van der Waals surface area contributed by atoms with E-state index in [9.17, 15) is 0 Å². The van der Waals surface area contributed by atoms with Gasteiger partial charge in [0.15, 0.2) is 0 Å². The van der Waals surface area contributed by atoms with Crippen LogP contribution in [0.2, 0.25) is 0 Å². The normalized spacial score (nSPS) is 10.5. The summed E-state index contributed by atoms with van der Waals surface area (Å²) in [4.78, 5) is 0. The summed E-state index contributed by atoms with van der Waals surface area (Å²) in [7, 11) is 0. The third kappa shape index (κ3) is 5.44. The van der Waals surface area contributed by atoms with Gasteiger partial charge in [0, 0.05) is 0 Å². The summed E-state index contributed by atoms with van der Waals surface area (Å²) in [6, 6.07) is 16.5. The molecule has 0 aromatic heterocycles. The van der Waals surface area contributed by atoms with Crippen LogP contribution in [0.4, 0.5) is 0 Å².